The molecule has 0 spiro atoms. The Morgan fingerprint density at radius 2 is 1.63 bits per heavy atom. The smallest absolute Gasteiger partial charge is 0.258 e. The lowest BCUT2D eigenvalue weighted by Crippen LogP contribution is -2.30. The van der Waals surface area contributed by atoms with Crippen molar-refractivity contribution in [3.05, 3.63) is 101 Å². The van der Waals surface area contributed by atoms with Crippen molar-refractivity contribution >= 4 is 17.4 Å². The topological polar surface area (TPSA) is 45.6 Å². The Kier molecular flexibility index (Phi) is 6.58. The van der Waals surface area contributed by atoms with Crippen molar-refractivity contribution < 1.29 is 9.59 Å². The molecule has 0 saturated heterocycles. The molecule has 5 heteroatoms. The van der Waals surface area contributed by atoms with Crippen molar-refractivity contribution in [2.75, 3.05) is 19.0 Å². The van der Waals surface area contributed by atoms with E-state index in [9.17, 15) is 9.59 Å². The van der Waals surface area contributed by atoms with Crippen LogP contribution in [0.5, 0.6) is 0 Å². The SMILES string of the molecule is CN(C)/C=C\C(=O)c1ccc2n1Cc1ccccc1N(C(=O)c1ccc(C3CCCCC3)cc1)C2. The predicted octanol–water partition coefficient (Wildman–Crippen LogP) is 6.00. The molecule has 0 radical (unpaired) electrons. The van der Waals surface area contributed by atoms with Crippen LogP contribution in [0.2, 0.25) is 0 Å². The monoisotopic (exact) mass is 467 g/mol. The van der Waals surface area contributed by atoms with E-state index in [2.05, 4.69) is 12.1 Å². The second kappa shape index (κ2) is 9.95. The number of rotatable bonds is 5. The average molecular weight is 468 g/mol. The average Bonchev–Trinajstić information content (AvgIpc) is 3.20. The zero-order valence-electron chi connectivity index (χ0n) is 20.6. The second-order valence-corrected chi connectivity index (χ2v) is 9.92. The van der Waals surface area contributed by atoms with Crippen LogP contribution in [0.4, 0.5) is 5.69 Å². The van der Waals surface area contributed by atoms with E-state index < -0.39 is 0 Å². The highest BCUT2D eigenvalue weighted by atomic mass is 16.2. The minimum Gasteiger partial charge on any atom is -0.383 e. The van der Waals surface area contributed by atoms with Gasteiger partial charge in [0.15, 0.2) is 0 Å². The quantitative estimate of drug-likeness (QED) is 0.341. The summed E-state index contributed by atoms with van der Waals surface area (Å²) in [7, 11) is 3.79. The summed E-state index contributed by atoms with van der Waals surface area (Å²) in [6, 6.07) is 20.1. The van der Waals surface area contributed by atoms with Crippen molar-refractivity contribution in [3.63, 3.8) is 0 Å². The molecule has 0 bridgehead atoms. The van der Waals surface area contributed by atoms with Crippen LogP contribution in [0.1, 0.15) is 75.7 Å². The molecule has 1 amide bonds. The maximum Gasteiger partial charge on any atom is 0.258 e. The van der Waals surface area contributed by atoms with E-state index in [4.69, 9.17) is 0 Å². The number of benzene rings is 2. The molecule has 0 unspecified atom stereocenters. The molecule has 2 aliphatic rings. The summed E-state index contributed by atoms with van der Waals surface area (Å²) >= 11 is 0. The van der Waals surface area contributed by atoms with E-state index in [-0.39, 0.29) is 11.7 Å². The summed E-state index contributed by atoms with van der Waals surface area (Å²) in [5.74, 6) is 0.566. The highest BCUT2D eigenvalue weighted by Gasteiger charge is 2.27. The van der Waals surface area contributed by atoms with Gasteiger partial charge >= 0.3 is 0 Å². The lowest BCUT2D eigenvalue weighted by Gasteiger charge is -2.24. The molecule has 2 heterocycles. The Balaban J connectivity index is 1.45. The van der Waals surface area contributed by atoms with Crippen LogP contribution in [0.15, 0.2) is 72.9 Å². The van der Waals surface area contributed by atoms with Crippen molar-refractivity contribution in [2.45, 2.75) is 51.1 Å². The molecule has 180 valence electrons. The fourth-order valence-corrected chi connectivity index (χ4v) is 5.35. The Morgan fingerprint density at radius 3 is 2.37 bits per heavy atom. The van der Waals surface area contributed by atoms with Gasteiger partial charge in [-0.15, -0.1) is 0 Å². The van der Waals surface area contributed by atoms with Gasteiger partial charge in [0, 0.05) is 43.3 Å². The molecule has 5 rings (SSSR count). The maximum atomic E-state index is 13.8. The first kappa shape index (κ1) is 23.2. The molecule has 1 fully saturated rings. The fraction of sp³-hybridized carbons (Fsp3) is 0.333. The van der Waals surface area contributed by atoms with Gasteiger partial charge < -0.3 is 14.4 Å². The number of carbonyl (C=O) groups is 2. The molecule has 35 heavy (non-hydrogen) atoms. The Labute approximate surface area is 207 Å². The first-order valence-electron chi connectivity index (χ1n) is 12.6. The zero-order chi connectivity index (χ0) is 24.4. The molecule has 3 aromatic rings. The van der Waals surface area contributed by atoms with Gasteiger partial charge in [0.2, 0.25) is 5.78 Å². The van der Waals surface area contributed by atoms with Crippen LogP contribution in [0, 0.1) is 0 Å². The zero-order valence-corrected chi connectivity index (χ0v) is 20.6. The van der Waals surface area contributed by atoms with E-state index >= 15 is 0 Å². The summed E-state index contributed by atoms with van der Waals surface area (Å²) in [6.07, 6.45) is 9.78. The van der Waals surface area contributed by atoms with Crippen molar-refractivity contribution in [1.29, 1.82) is 0 Å². The number of hydrogen-bond donors (Lipinski definition) is 0. The molecule has 0 atom stereocenters. The summed E-state index contributed by atoms with van der Waals surface area (Å²) in [4.78, 5) is 30.4. The summed E-state index contributed by atoms with van der Waals surface area (Å²) in [6.45, 7) is 0.977. The first-order chi connectivity index (χ1) is 17.0. The number of para-hydroxylation sites is 1. The van der Waals surface area contributed by atoms with E-state index in [0.717, 1.165) is 16.9 Å². The molecule has 1 aliphatic carbocycles. The van der Waals surface area contributed by atoms with E-state index in [0.29, 0.717) is 30.3 Å². The number of amides is 1. The van der Waals surface area contributed by atoms with Gasteiger partial charge in [0.05, 0.1) is 18.8 Å². The largest absolute Gasteiger partial charge is 0.383 e. The highest BCUT2D eigenvalue weighted by Crippen LogP contribution is 2.34. The first-order valence-corrected chi connectivity index (χ1v) is 12.6. The molecule has 5 nitrogen and oxygen atoms in total. The third kappa shape index (κ3) is 4.81. The van der Waals surface area contributed by atoms with Crippen molar-refractivity contribution in [2.24, 2.45) is 0 Å². The number of fused-ring (bicyclic) bond motifs is 2. The summed E-state index contributed by atoms with van der Waals surface area (Å²) in [5, 5.41) is 0. The third-order valence-corrected chi connectivity index (χ3v) is 7.26. The van der Waals surface area contributed by atoms with Gasteiger partial charge in [-0.1, -0.05) is 49.6 Å². The summed E-state index contributed by atoms with van der Waals surface area (Å²) < 4.78 is 2.04. The van der Waals surface area contributed by atoms with Crippen LogP contribution in [-0.4, -0.2) is 35.3 Å². The van der Waals surface area contributed by atoms with Crippen LogP contribution < -0.4 is 4.90 Å². The molecule has 1 saturated carbocycles. The second-order valence-electron chi connectivity index (χ2n) is 9.92. The number of carbonyl (C=O) groups excluding carboxylic acids is 2. The minimum absolute atomic E-state index is 0.0114. The molecule has 1 aliphatic heterocycles. The summed E-state index contributed by atoms with van der Waals surface area (Å²) in [5.41, 5.74) is 5.57. The molecule has 1 aromatic heterocycles. The van der Waals surface area contributed by atoms with Crippen molar-refractivity contribution in [1.82, 2.24) is 9.47 Å². The van der Waals surface area contributed by atoms with E-state index in [1.54, 1.807) is 12.3 Å². The Morgan fingerprint density at radius 1 is 0.886 bits per heavy atom. The van der Waals surface area contributed by atoms with Gasteiger partial charge in [0.1, 0.15) is 0 Å². The predicted molar refractivity (Wildman–Crippen MR) is 140 cm³/mol. The van der Waals surface area contributed by atoms with Crippen LogP contribution in [0.25, 0.3) is 0 Å². The van der Waals surface area contributed by atoms with Gasteiger partial charge in [0.25, 0.3) is 5.91 Å². The van der Waals surface area contributed by atoms with Crippen molar-refractivity contribution in [3.8, 4) is 0 Å². The van der Waals surface area contributed by atoms with Crippen LogP contribution in [0.3, 0.4) is 0 Å². The number of allylic oxidation sites excluding steroid dienone is 1. The number of ketones is 1. The Hall–Kier alpha value is -3.60. The fourth-order valence-electron chi connectivity index (χ4n) is 5.35. The third-order valence-electron chi connectivity index (χ3n) is 7.26. The van der Waals surface area contributed by atoms with E-state index in [1.165, 1.54) is 37.7 Å². The minimum atomic E-state index is -0.0412. The molecular formula is C30H33N3O2. The number of anilines is 1. The Bertz CT molecular complexity index is 1250. The maximum absolute atomic E-state index is 13.8. The van der Waals surface area contributed by atoms with Crippen LogP contribution >= 0.6 is 0 Å². The number of aromatic nitrogens is 1. The molecule has 2 aromatic carbocycles. The number of hydrogen-bond acceptors (Lipinski definition) is 3. The van der Waals surface area contributed by atoms with Crippen LogP contribution in [-0.2, 0) is 13.1 Å². The normalized spacial score (nSPS) is 16.0. The molecular weight excluding hydrogens is 434 g/mol. The standard InChI is InChI=1S/C30H33N3O2/c1-31(2)19-18-29(34)28-17-16-26-21-33(27-11-7-6-10-25(27)20-32(26)28)30(35)24-14-12-23(13-15-24)22-8-4-3-5-9-22/h6-7,10-19,22H,3-5,8-9,20-21H2,1-2H3/b19-18-. The van der Waals surface area contributed by atoms with Gasteiger partial charge in [-0.3, -0.25) is 9.59 Å². The number of nitrogens with zero attached hydrogens (tertiary/aromatic N) is 3. The van der Waals surface area contributed by atoms with Gasteiger partial charge in [-0.25, -0.2) is 0 Å². The van der Waals surface area contributed by atoms with Gasteiger partial charge in [-0.05, 0) is 60.2 Å². The van der Waals surface area contributed by atoms with E-state index in [1.807, 2.05) is 77.0 Å². The lowest BCUT2D eigenvalue weighted by molar-refractivity contribution is 0.0984. The molecule has 0 N–H and O–H groups in total. The van der Waals surface area contributed by atoms with Gasteiger partial charge in [-0.2, -0.15) is 0 Å². The lowest BCUT2D eigenvalue weighted by atomic mass is 9.84. The highest BCUT2D eigenvalue weighted by molar-refractivity contribution is 6.07.